The maximum Gasteiger partial charge on any atom is 0.227 e. The predicted molar refractivity (Wildman–Crippen MR) is 433 cm³/mol. The average Bonchev–Trinajstić information content (AvgIpc) is 1.54. The lowest BCUT2D eigenvalue weighted by molar-refractivity contribution is 0.620. The number of nitrogens with zero attached hydrogens (tertiary/aromatic N) is 8. The molecule has 22 aromatic rings. The second-order valence-electron chi connectivity index (χ2n) is 27.4. The molecule has 0 bridgehead atoms. The van der Waals surface area contributed by atoms with E-state index >= 15 is 0 Å². The van der Waals surface area contributed by atoms with Crippen LogP contribution in [0, 0.1) is 0 Å². The van der Waals surface area contributed by atoms with Gasteiger partial charge in [-0.1, -0.05) is 237 Å². The first-order valence-corrected chi connectivity index (χ1v) is 35.8. The lowest BCUT2D eigenvalue weighted by Crippen LogP contribution is -2.01. The SMILES string of the molecule is c1ccc(-c2nc(-c3ccccc3)nc(-c3cccc4cc(-c5ccc6c(c5)oc5cc7nc(-c8cccc(-c9cccc(-c%10nc(-c%11ccc%12ccccc%12c%11)nc(-c%11cc(-c%12c%13oc(-c%14ccc%15ccccc%15c%14)nc%13cc%13oc%14ccccc%14c%12%13)cc%12ccccc%11%12)n%10)c9)c8)oc7cc56)ccc34)n2)cc1. The summed E-state index contributed by atoms with van der Waals surface area (Å²) in [6.45, 7) is 0. The van der Waals surface area contributed by atoms with Gasteiger partial charge in [0, 0.05) is 83.7 Å². The number of para-hydroxylation sites is 1. The smallest absolute Gasteiger partial charge is 0.227 e. The van der Waals surface area contributed by atoms with Gasteiger partial charge in [0.15, 0.2) is 46.1 Å². The van der Waals surface area contributed by atoms with Gasteiger partial charge in [-0.2, -0.15) is 0 Å². The Bertz CT molecular complexity index is 7410. The second-order valence-corrected chi connectivity index (χ2v) is 27.4. The molecule has 22 rings (SSSR count). The first-order chi connectivity index (χ1) is 53.4. The summed E-state index contributed by atoms with van der Waals surface area (Å²) in [5, 5.41) is 12.3. The molecule has 502 valence electrons. The zero-order chi connectivity index (χ0) is 70.9. The molecule has 0 atom stereocenters. The third kappa shape index (κ3) is 10.4. The predicted octanol–water partition coefficient (Wildman–Crippen LogP) is 25.1. The number of fused-ring (bicyclic) bond motifs is 12. The fourth-order valence-corrected chi connectivity index (χ4v) is 15.5. The van der Waals surface area contributed by atoms with Crippen LogP contribution in [0.15, 0.2) is 345 Å². The van der Waals surface area contributed by atoms with Gasteiger partial charge in [0.1, 0.15) is 33.4 Å². The third-order valence-electron chi connectivity index (χ3n) is 20.8. The van der Waals surface area contributed by atoms with Crippen molar-refractivity contribution in [2.75, 3.05) is 0 Å². The van der Waals surface area contributed by atoms with E-state index < -0.39 is 0 Å². The molecule has 12 nitrogen and oxygen atoms in total. The Labute approximate surface area is 615 Å². The van der Waals surface area contributed by atoms with Crippen molar-refractivity contribution in [2.45, 2.75) is 0 Å². The van der Waals surface area contributed by atoms with Gasteiger partial charge in [0.2, 0.25) is 11.8 Å². The normalized spacial score (nSPS) is 11.9. The second kappa shape index (κ2) is 24.4. The van der Waals surface area contributed by atoms with Crippen molar-refractivity contribution in [3.05, 3.63) is 328 Å². The molecule has 0 aliphatic heterocycles. The van der Waals surface area contributed by atoms with Crippen LogP contribution in [0.2, 0.25) is 0 Å². The molecule has 108 heavy (non-hydrogen) atoms. The van der Waals surface area contributed by atoms with E-state index in [9.17, 15) is 0 Å². The Kier molecular flexibility index (Phi) is 13.7. The maximum atomic E-state index is 7.02. The van der Waals surface area contributed by atoms with Crippen LogP contribution in [0.25, 0.3) is 234 Å². The number of benzene rings is 16. The van der Waals surface area contributed by atoms with Crippen LogP contribution in [0.1, 0.15) is 0 Å². The van der Waals surface area contributed by atoms with E-state index in [1.165, 1.54) is 0 Å². The van der Waals surface area contributed by atoms with Gasteiger partial charge in [-0.05, 0) is 150 Å². The van der Waals surface area contributed by atoms with Crippen molar-refractivity contribution in [2.24, 2.45) is 0 Å². The fourth-order valence-electron chi connectivity index (χ4n) is 15.5. The van der Waals surface area contributed by atoms with Gasteiger partial charge in [-0.15, -0.1) is 0 Å². The molecular formula is C96H54N8O4. The zero-order valence-electron chi connectivity index (χ0n) is 57.4. The molecule has 6 heterocycles. The Hall–Kier alpha value is -14.9. The van der Waals surface area contributed by atoms with Crippen LogP contribution in [-0.4, -0.2) is 39.9 Å². The van der Waals surface area contributed by atoms with Crippen molar-refractivity contribution in [1.82, 2.24) is 39.9 Å². The summed E-state index contributed by atoms with van der Waals surface area (Å²) in [7, 11) is 0. The van der Waals surface area contributed by atoms with E-state index in [0.717, 1.165) is 159 Å². The van der Waals surface area contributed by atoms with E-state index in [-0.39, 0.29) is 0 Å². The largest absolute Gasteiger partial charge is 0.456 e. The van der Waals surface area contributed by atoms with Crippen molar-refractivity contribution < 1.29 is 17.7 Å². The first-order valence-electron chi connectivity index (χ1n) is 35.8. The van der Waals surface area contributed by atoms with Gasteiger partial charge < -0.3 is 17.7 Å². The van der Waals surface area contributed by atoms with Crippen molar-refractivity contribution in [3.63, 3.8) is 0 Å². The van der Waals surface area contributed by atoms with E-state index in [4.69, 9.17) is 57.5 Å². The van der Waals surface area contributed by atoms with Crippen molar-refractivity contribution in [3.8, 4) is 125 Å². The molecule has 12 heteroatoms. The number of rotatable bonds is 11. The lowest BCUT2D eigenvalue weighted by Gasteiger charge is -2.14. The van der Waals surface area contributed by atoms with E-state index in [0.29, 0.717) is 74.5 Å². The molecular weight excluding hydrogens is 1330 g/mol. The minimum atomic E-state index is 0.494. The quantitative estimate of drug-likeness (QED) is 0.121. The van der Waals surface area contributed by atoms with E-state index in [1.54, 1.807) is 0 Å². The lowest BCUT2D eigenvalue weighted by atomic mass is 9.93. The number of aromatic nitrogens is 8. The summed E-state index contributed by atoms with van der Waals surface area (Å²) in [6.07, 6.45) is 0. The van der Waals surface area contributed by atoms with E-state index in [2.05, 4.69) is 212 Å². The van der Waals surface area contributed by atoms with Crippen molar-refractivity contribution >= 4 is 109 Å². The van der Waals surface area contributed by atoms with Crippen molar-refractivity contribution in [1.29, 1.82) is 0 Å². The minimum absolute atomic E-state index is 0.494. The highest BCUT2D eigenvalue weighted by Gasteiger charge is 2.26. The summed E-state index contributed by atoms with van der Waals surface area (Å²) in [4.78, 5) is 41.6. The summed E-state index contributed by atoms with van der Waals surface area (Å²) >= 11 is 0. The van der Waals surface area contributed by atoms with Gasteiger partial charge in [-0.3, -0.25) is 0 Å². The Balaban J connectivity index is 0.606. The first kappa shape index (κ1) is 60.7. The Morgan fingerprint density at radius 3 is 1.36 bits per heavy atom. The van der Waals surface area contributed by atoms with Crippen LogP contribution >= 0.6 is 0 Å². The molecule has 0 aliphatic carbocycles. The maximum absolute atomic E-state index is 7.02. The van der Waals surface area contributed by atoms with Crippen LogP contribution < -0.4 is 0 Å². The van der Waals surface area contributed by atoms with Crippen LogP contribution in [0.5, 0.6) is 0 Å². The summed E-state index contributed by atoms with van der Waals surface area (Å²) in [5.41, 5.74) is 18.3. The topological polar surface area (TPSA) is 156 Å². The van der Waals surface area contributed by atoms with Crippen LogP contribution in [-0.2, 0) is 0 Å². The molecule has 0 fully saturated rings. The summed E-state index contributed by atoms with van der Waals surface area (Å²) in [6, 6.07) is 112. The summed E-state index contributed by atoms with van der Waals surface area (Å²) < 4.78 is 27.1. The Morgan fingerprint density at radius 1 is 0.185 bits per heavy atom. The Morgan fingerprint density at radius 2 is 0.630 bits per heavy atom. The molecule has 0 N–H and O–H groups in total. The highest BCUT2D eigenvalue weighted by Crippen LogP contribution is 2.47. The molecule has 0 saturated carbocycles. The molecule has 0 radical (unpaired) electrons. The molecule has 0 amide bonds. The number of furan rings is 2. The number of oxazole rings is 2. The standard InChI is InChI=1S/C96H54N8O4/c1-3-20-57(21-4-1)89-99-90(58-22-5-2-6-23-58)102-93(101-89)75-34-17-29-66-44-63(40-42-73(66)75)64-41-43-74-77-52-84-79(53-83(77)106-82(74)51-64)97-95(107-84)69-31-16-28-62(48-69)61-27-15-30-67(46-61)91-100-92(68-38-36-55-18-7-9-24-59(55)45-68)104-94(103-91)78-50-71(49-65-26-11-12-32-72(65)78)86-87-76-33-13-14-35-81(76)105-85(87)54-80-88(86)108-96(98-80)70-39-37-56-19-8-10-25-60(56)47-70/h1-54H. The fraction of sp³-hybridized carbons (Fsp3) is 0. The van der Waals surface area contributed by atoms with Gasteiger partial charge in [0.05, 0.1) is 0 Å². The monoisotopic (exact) mass is 1380 g/mol. The number of hydrogen-bond donors (Lipinski definition) is 0. The van der Waals surface area contributed by atoms with Gasteiger partial charge >= 0.3 is 0 Å². The third-order valence-corrected chi connectivity index (χ3v) is 20.8. The van der Waals surface area contributed by atoms with Gasteiger partial charge in [-0.25, -0.2) is 39.9 Å². The minimum Gasteiger partial charge on any atom is -0.456 e. The molecule has 0 aliphatic rings. The molecule has 0 saturated heterocycles. The highest BCUT2D eigenvalue weighted by atomic mass is 16.4. The van der Waals surface area contributed by atoms with Gasteiger partial charge in [0.25, 0.3) is 0 Å². The summed E-state index contributed by atoms with van der Waals surface area (Å²) in [5.74, 6) is 4.42. The number of hydrogen-bond acceptors (Lipinski definition) is 12. The van der Waals surface area contributed by atoms with E-state index in [1.807, 2.05) is 115 Å². The highest BCUT2D eigenvalue weighted by molar-refractivity contribution is 6.20. The van der Waals surface area contributed by atoms with Crippen LogP contribution in [0.3, 0.4) is 0 Å². The molecule has 6 aromatic heterocycles. The molecule has 16 aromatic carbocycles. The van der Waals surface area contributed by atoms with Crippen LogP contribution in [0.4, 0.5) is 0 Å². The zero-order valence-corrected chi connectivity index (χ0v) is 57.4. The molecule has 0 spiro atoms. The average molecular weight is 1380 g/mol. The molecule has 0 unspecified atom stereocenters.